The number of fused-ring (bicyclic) bond motifs is 1. The van der Waals surface area contributed by atoms with Crippen LogP contribution in [0, 0.1) is 11.8 Å². The third-order valence-corrected chi connectivity index (χ3v) is 7.28. The van der Waals surface area contributed by atoms with Crippen molar-refractivity contribution in [1.29, 1.82) is 0 Å². The maximum atomic E-state index is 12.8. The summed E-state index contributed by atoms with van der Waals surface area (Å²) in [7, 11) is 0. The lowest BCUT2D eigenvalue weighted by Crippen LogP contribution is -2.30. The molecule has 1 amide bonds. The number of hydrogen-bond donors (Lipinski definition) is 2. The third-order valence-electron chi connectivity index (χ3n) is 7.28. The number of carbonyl (C=O) groups is 1. The Kier molecular flexibility index (Phi) is 6.14. The van der Waals surface area contributed by atoms with Gasteiger partial charge in [-0.2, -0.15) is 0 Å². The maximum absolute atomic E-state index is 12.8. The number of carbonyl (C=O) groups excluding carboxylic acids is 1. The van der Waals surface area contributed by atoms with Crippen LogP contribution in [-0.4, -0.2) is 15.6 Å². The third kappa shape index (κ3) is 4.64. The molecule has 0 spiro atoms. The molecule has 1 aromatic heterocycles. The van der Waals surface area contributed by atoms with E-state index in [1.54, 1.807) is 10.6 Å². The van der Waals surface area contributed by atoms with Gasteiger partial charge in [0.1, 0.15) is 6.04 Å². The van der Waals surface area contributed by atoms with Crippen molar-refractivity contribution in [3.05, 3.63) is 100.0 Å². The van der Waals surface area contributed by atoms with Crippen LogP contribution in [-0.2, 0) is 17.6 Å². The Morgan fingerprint density at radius 2 is 1.76 bits per heavy atom. The summed E-state index contributed by atoms with van der Waals surface area (Å²) < 4.78 is 1.62. The maximum Gasteiger partial charge on any atom is 0.251 e. The molecule has 2 heterocycles. The Morgan fingerprint density at radius 1 is 0.970 bits per heavy atom. The molecule has 2 aromatic carbocycles. The number of amides is 1. The molecule has 3 aromatic rings. The number of nitrogens with zero attached hydrogens (tertiary/aromatic N) is 1. The molecular weight excluding hydrogens is 412 g/mol. The molecule has 0 bridgehead atoms. The summed E-state index contributed by atoms with van der Waals surface area (Å²) in [6, 6.07) is 22.7. The smallest absolute Gasteiger partial charge is 0.251 e. The molecule has 2 N–H and O–H groups in total. The van der Waals surface area contributed by atoms with Crippen molar-refractivity contribution in [3.8, 4) is 0 Å². The molecule has 5 heteroatoms. The van der Waals surface area contributed by atoms with Gasteiger partial charge in [-0.3, -0.25) is 9.59 Å². The quantitative estimate of drug-likeness (QED) is 0.583. The minimum absolute atomic E-state index is 0.118. The SMILES string of the molecule is O=C(Nc1ccc(C[C@@H]2CC[C@H]([C@H](O)c3ccccc3)C2)cc1)[C@@H]1CCc2cccc(=O)n21. The molecule has 4 atom stereocenters. The summed E-state index contributed by atoms with van der Waals surface area (Å²) in [6.07, 6.45) is 5.21. The molecule has 1 saturated carbocycles. The van der Waals surface area contributed by atoms with E-state index in [1.807, 2.05) is 48.5 Å². The summed E-state index contributed by atoms with van der Waals surface area (Å²) in [4.78, 5) is 25.0. The highest BCUT2D eigenvalue weighted by Crippen LogP contribution is 2.40. The predicted octanol–water partition coefficient (Wildman–Crippen LogP) is 4.67. The second-order valence-electron chi connectivity index (χ2n) is 9.46. The number of aryl methyl sites for hydroxylation is 1. The largest absolute Gasteiger partial charge is 0.388 e. The van der Waals surface area contributed by atoms with Gasteiger partial charge in [-0.25, -0.2) is 0 Å². The zero-order chi connectivity index (χ0) is 22.8. The highest BCUT2D eigenvalue weighted by atomic mass is 16.3. The van der Waals surface area contributed by atoms with Crippen LogP contribution in [0.3, 0.4) is 0 Å². The summed E-state index contributed by atoms with van der Waals surface area (Å²) >= 11 is 0. The van der Waals surface area contributed by atoms with Gasteiger partial charge in [0, 0.05) is 17.4 Å². The van der Waals surface area contributed by atoms with E-state index in [-0.39, 0.29) is 17.6 Å². The minimum Gasteiger partial charge on any atom is -0.388 e. The first-order chi connectivity index (χ1) is 16.1. The summed E-state index contributed by atoms with van der Waals surface area (Å²) in [5.74, 6) is 0.743. The van der Waals surface area contributed by atoms with Crippen molar-refractivity contribution in [2.45, 2.75) is 50.7 Å². The zero-order valence-corrected chi connectivity index (χ0v) is 18.7. The van der Waals surface area contributed by atoms with E-state index in [0.717, 1.165) is 49.0 Å². The van der Waals surface area contributed by atoms with Crippen molar-refractivity contribution in [1.82, 2.24) is 4.57 Å². The van der Waals surface area contributed by atoms with Gasteiger partial charge in [-0.1, -0.05) is 48.5 Å². The fourth-order valence-electron chi connectivity index (χ4n) is 5.55. The average Bonchev–Trinajstić information content (AvgIpc) is 3.49. The molecule has 0 saturated heterocycles. The van der Waals surface area contributed by atoms with Crippen molar-refractivity contribution in [3.63, 3.8) is 0 Å². The number of anilines is 1. The number of pyridine rings is 1. The monoisotopic (exact) mass is 442 g/mol. The van der Waals surface area contributed by atoms with Crippen LogP contribution >= 0.6 is 0 Å². The van der Waals surface area contributed by atoms with Crippen LogP contribution in [0.5, 0.6) is 0 Å². The average molecular weight is 443 g/mol. The van der Waals surface area contributed by atoms with E-state index in [9.17, 15) is 14.7 Å². The number of rotatable bonds is 6. The molecular formula is C28H30N2O3. The Balaban J connectivity index is 1.17. The van der Waals surface area contributed by atoms with Crippen molar-refractivity contribution < 1.29 is 9.90 Å². The lowest BCUT2D eigenvalue weighted by atomic mass is 9.91. The highest BCUT2D eigenvalue weighted by Gasteiger charge is 2.31. The number of hydrogen-bond acceptors (Lipinski definition) is 3. The van der Waals surface area contributed by atoms with Crippen LogP contribution in [0.25, 0.3) is 0 Å². The number of aliphatic hydroxyl groups is 1. The number of aromatic nitrogens is 1. The standard InChI is InChI=1S/C28H30N2O3/c31-26-8-4-7-24-15-16-25(30(24)26)28(33)29-23-13-10-19(11-14-23)17-20-9-12-22(18-20)27(32)21-5-2-1-3-6-21/h1-8,10-11,13-14,20,22,25,27,32H,9,12,15-18H2,(H,29,33)/t20-,22-,25-,27+/m0/s1. The molecule has 1 aliphatic heterocycles. The van der Waals surface area contributed by atoms with Crippen molar-refractivity contribution in [2.75, 3.05) is 5.32 Å². The van der Waals surface area contributed by atoms with Crippen molar-refractivity contribution in [2.24, 2.45) is 11.8 Å². The molecule has 0 unspecified atom stereocenters. The van der Waals surface area contributed by atoms with Crippen LogP contribution in [0.4, 0.5) is 5.69 Å². The number of benzene rings is 2. The van der Waals surface area contributed by atoms with Crippen LogP contribution in [0.1, 0.15) is 54.6 Å². The highest BCUT2D eigenvalue weighted by molar-refractivity contribution is 5.94. The van der Waals surface area contributed by atoms with Crippen LogP contribution < -0.4 is 10.9 Å². The molecule has 5 rings (SSSR count). The Labute approximate surface area is 194 Å². The summed E-state index contributed by atoms with van der Waals surface area (Å²) in [6.45, 7) is 0. The van der Waals surface area contributed by atoms with Gasteiger partial charge in [0.05, 0.1) is 6.10 Å². The van der Waals surface area contributed by atoms with Crippen LogP contribution in [0.2, 0.25) is 0 Å². The van der Waals surface area contributed by atoms with Gasteiger partial charge in [0.25, 0.3) is 5.56 Å². The van der Waals surface area contributed by atoms with E-state index in [2.05, 4.69) is 17.4 Å². The second kappa shape index (κ2) is 9.36. The van der Waals surface area contributed by atoms with E-state index >= 15 is 0 Å². The van der Waals surface area contributed by atoms with Gasteiger partial charge in [0.2, 0.25) is 5.91 Å². The molecule has 5 nitrogen and oxygen atoms in total. The van der Waals surface area contributed by atoms with Gasteiger partial charge < -0.3 is 15.0 Å². The molecule has 33 heavy (non-hydrogen) atoms. The molecule has 1 fully saturated rings. The van der Waals surface area contributed by atoms with E-state index in [4.69, 9.17) is 0 Å². The Bertz CT molecular complexity index is 1170. The lowest BCUT2D eigenvalue weighted by Gasteiger charge is -2.19. The molecule has 1 aliphatic carbocycles. The van der Waals surface area contributed by atoms with E-state index in [1.165, 1.54) is 11.6 Å². The fourth-order valence-corrected chi connectivity index (χ4v) is 5.55. The van der Waals surface area contributed by atoms with Gasteiger partial charge in [-0.15, -0.1) is 0 Å². The zero-order valence-electron chi connectivity index (χ0n) is 18.7. The van der Waals surface area contributed by atoms with E-state index < -0.39 is 6.04 Å². The molecule has 0 radical (unpaired) electrons. The topological polar surface area (TPSA) is 71.3 Å². The fraction of sp³-hybridized carbons (Fsp3) is 0.357. The van der Waals surface area contributed by atoms with Gasteiger partial charge in [-0.05, 0) is 79.7 Å². The molecule has 170 valence electrons. The van der Waals surface area contributed by atoms with Gasteiger partial charge in [0.15, 0.2) is 0 Å². The number of aliphatic hydroxyl groups excluding tert-OH is 1. The Morgan fingerprint density at radius 3 is 2.55 bits per heavy atom. The first kappa shape index (κ1) is 21.7. The lowest BCUT2D eigenvalue weighted by molar-refractivity contribution is -0.119. The normalized spacial score (nSPS) is 22.6. The summed E-state index contributed by atoms with van der Waals surface area (Å²) in [5, 5.41) is 13.7. The van der Waals surface area contributed by atoms with Crippen molar-refractivity contribution >= 4 is 11.6 Å². The van der Waals surface area contributed by atoms with Crippen LogP contribution in [0.15, 0.2) is 77.6 Å². The predicted molar refractivity (Wildman–Crippen MR) is 129 cm³/mol. The summed E-state index contributed by atoms with van der Waals surface area (Å²) in [5.41, 5.74) is 3.81. The first-order valence-electron chi connectivity index (χ1n) is 11.9. The number of nitrogens with one attached hydrogen (secondary N) is 1. The van der Waals surface area contributed by atoms with E-state index in [0.29, 0.717) is 18.3 Å². The Hall–Kier alpha value is -3.18. The minimum atomic E-state index is -0.445. The van der Waals surface area contributed by atoms with Gasteiger partial charge >= 0.3 is 0 Å². The first-order valence-corrected chi connectivity index (χ1v) is 11.9. The second-order valence-corrected chi connectivity index (χ2v) is 9.46. The molecule has 2 aliphatic rings.